The Morgan fingerprint density at radius 2 is 2.00 bits per heavy atom. The third kappa shape index (κ3) is 2.68. The lowest BCUT2D eigenvalue weighted by Crippen LogP contribution is -2.30. The molecule has 0 aromatic carbocycles. The molecule has 17 heavy (non-hydrogen) atoms. The second kappa shape index (κ2) is 4.90. The van der Waals surface area contributed by atoms with Crippen molar-refractivity contribution >= 4 is 11.9 Å². The molecule has 1 fully saturated rings. The van der Waals surface area contributed by atoms with Gasteiger partial charge in [-0.1, -0.05) is 19.9 Å². The normalized spacial score (nSPS) is 25.1. The second-order valence-electron chi connectivity index (χ2n) is 5.31. The van der Waals surface area contributed by atoms with Crippen LogP contribution in [0.5, 0.6) is 0 Å². The first-order valence-electron chi connectivity index (χ1n) is 5.92. The number of rotatable bonds is 6. The van der Waals surface area contributed by atoms with Crippen molar-refractivity contribution in [3.63, 3.8) is 0 Å². The molecule has 0 aromatic heterocycles. The molecule has 4 nitrogen and oxygen atoms in total. The van der Waals surface area contributed by atoms with Crippen molar-refractivity contribution in [1.82, 2.24) is 4.90 Å². The monoisotopic (exact) mass is 239 g/mol. The Morgan fingerprint density at radius 1 is 1.41 bits per heavy atom. The molecule has 1 amide bonds. The number of allylic oxidation sites excluding steroid dienone is 1. The lowest BCUT2D eigenvalue weighted by molar-refractivity contribution is -0.141. The summed E-state index contributed by atoms with van der Waals surface area (Å²) in [6, 6.07) is 0. The van der Waals surface area contributed by atoms with E-state index < -0.39 is 17.3 Å². The zero-order valence-electron chi connectivity index (χ0n) is 10.8. The third-order valence-corrected chi connectivity index (χ3v) is 3.64. The summed E-state index contributed by atoms with van der Waals surface area (Å²) in [4.78, 5) is 24.7. The van der Waals surface area contributed by atoms with Crippen molar-refractivity contribution in [3.8, 4) is 0 Å². The lowest BCUT2D eigenvalue weighted by atomic mass is 10.1. The van der Waals surface area contributed by atoms with Gasteiger partial charge in [-0.15, -0.1) is 6.58 Å². The maximum absolute atomic E-state index is 12.1. The average molecular weight is 239 g/mol. The van der Waals surface area contributed by atoms with E-state index >= 15 is 0 Å². The summed E-state index contributed by atoms with van der Waals surface area (Å²) in [5.74, 6) is -1.81. The molecule has 1 aliphatic carbocycles. The van der Waals surface area contributed by atoms with Gasteiger partial charge in [-0.05, 0) is 18.3 Å². The van der Waals surface area contributed by atoms with E-state index in [4.69, 9.17) is 5.11 Å². The summed E-state index contributed by atoms with van der Waals surface area (Å²) in [5, 5.41) is 9.02. The highest BCUT2D eigenvalue weighted by molar-refractivity contribution is 5.91. The number of carboxylic acid groups (broad SMARTS) is 1. The zero-order chi connectivity index (χ0) is 13.2. The van der Waals surface area contributed by atoms with Crippen LogP contribution in [-0.4, -0.2) is 35.5 Å². The largest absolute Gasteiger partial charge is 0.481 e. The minimum atomic E-state index is -0.868. The smallest absolute Gasteiger partial charge is 0.307 e. The summed E-state index contributed by atoms with van der Waals surface area (Å²) in [5.41, 5.74) is -0.407. The molecule has 0 aromatic rings. The van der Waals surface area contributed by atoms with Gasteiger partial charge in [0.1, 0.15) is 0 Å². The minimum absolute atomic E-state index is 0.0496. The van der Waals surface area contributed by atoms with Crippen LogP contribution in [0.1, 0.15) is 26.7 Å². The van der Waals surface area contributed by atoms with E-state index in [2.05, 4.69) is 6.58 Å². The standard InChI is InChI=1S/C13H21NO3/c1-5-6-7-8-14(4)11(15)9-10(12(16)17)13(9,2)3/h5,9-10H,1,6-8H2,2-4H3,(H,16,17). The van der Waals surface area contributed by atoms with Gasteiger partial charge in [0.25, 0.3) is 0 Å². The first-order valence-corrected chi connectivity index (χ1v) is 5.92. The van der Waals surface area contributed by atoms with Crippen LogP contribution in [0.4, 0.5) is 0 Å². The topological polar surface area (TPSA) is 57.6 Å². The van der Waals surface area contributed by atoms with Crippen molar-refractivity contribution in [2.24, 2.45) is 17.3 Å². The molecule has 1 N–H and O–H groups in total. The molecule has 1 aliphatic rings. The van der Waals surface area contributed by atoms with E-state index in [1.807, 2.05) is 19.9 Å². The molecular weight excluding hydrogens is 218 g/mol. The van der Waals surface area contributed by atoms with E-state index in [9.17, 15) is 9.59 Å². The molecule has 0 bridgehead atoms. The maximum atomic E-state index is 12.1. The van der Waals surface area contributed by atoms with E-state index in [1.54, 1.807) is 11.9 Å². The summed E-state index contributed by atoms with van der Waals surface area (Å²) in [6.07, 6.45) is 3.56. The van der Waals surface area contributed by atoms with Crippen LogP contribution < -0.4 is 0 Å². The van der Waals surface area contributed by atoms with Gasteiger partial charge in [0.15, 0.2) is 0 Å². The third-order valence-electron chi connectivity index (χ3n) is 3.64. The maximum Gasteiger partial charge on any atom is 0.307 e. The molecule has 0 aliphatic heterocycles. The molecule has 0 radical (unpaired) electrons. The van der Waals surface area contributed by atoms with Gasteiger partial charge in [0, 0.05) is 13.6 Å². The fraction of sp³-hybridized carbons (Fsp3) is 0.692. The number of aliphatic carboxylic acids is 1. The van der Waals surface area contributed by atoms with Gasteiger partial charge in [0.2, 0.25) is 5.91 Å². The van der Waals surface area contributed by atoms with E-state index in [0.717, 1.165) is 12.8 Å². The lowest BCUT2D eigenvalue weighted by Gasteiger charge is -2.17. The van der Waals surface area contributed by atoms with Crippen molar-refractivity contribution in [1.29, 1.82) is 0 Å². The summed E-state index contributed by atoms with van der Waals surface area (Å²) in [6.45, 7) is 7.96. The Labute approximate surface area is 102 Å². The van der Waals surface area contributed by atoms with Crippen LogP contribution >= 0.6 is 0 Å². The average Bonchev–Trinajstić information content (AvgIpc) is 2.80. The Kier molecular flexibility index (Phi) is 3.96. The van der Waals surface area contributed by atoms with E-state index in [1.165, 1.54) is 0 Å². The fourth-order valence-electron chi connectivity index (χ4n) is 2.38. The molecule has 0 saturated heterocycles. The Bertz CT molecular complexity index is 336. The molecule has 0 spiro atoms. The number of carbonyl (C=O) groups is 2. The first kappa shape index (κ1) is 13.7. The number of carboxylic acids is 1. The molecule has 4 heteroatoms. The van der Waals surface area contributed by atoms with Gasteiger partial charge in [-0.3, -0.25) is 9.59 Å². The highest BCUT2D eigenvalue weighted by Gasteiger charge is 2.66. The van der Waals surface area contributed by atoms with E-state index in [0.29, 0.717) is 6.54 Å². The van der Waals surface area contributed by atoms with Crippen LogP contribution in [0.2, 0.25) is 0 Å². The van der Waals surface area contributed by atoms with E-state index in [-0.39, 0.29) is 11.8 Å². The van der Waals surface area contributed by atoms with Crippen molar-refractivity contribution in [2.75, 3.05) is 13.6 Å². The van der Waals surface area contributed by atoms with Crippen LogP contribution in [0.25, 0.3) is 0 Å². The zero-order valence-corrected chi connectivity index (χ0v) is 10.8. The van der Waals surface area contributed by atoms with Gasteiger partial charge in [-0.2, -0.15) is 0 Å². The van der Waals surface area contributed by atoms with Crippen LogP contribution in [0.15, 0.2) is 12.7 Å². The number of amides is 1. The number of carbonyl (C=O) groups excluding carboxylic acids is 1. The number of nitrogens with zero attached hydrogens (tertiary/aromatic N) is 1. The number of hydrogen-bond acceptors (Lipinski definition) is 2. The van der Waals surface area contributed by atoms with Crippen molar-refractivity contribution in [2.45, 2.75) is 26.7 Å². The summed E-state index contributed by atoms with van der Waals surface area (Å²) >= 11 is 0. The molecule has 0 heterocycles. The second-order valence-corrected chi connectivity index (χ2v) is 5.31. The Hall–Kier alpha value is -1.32. The van der Waals surface area contributed by atoms with Gasteiger partial charge >= 0.3 is 5.97 Å². The first-order chi connectivity index (χ1) is 7.84. The number of hydrogen-bond donors (Lipinski definition) is 1. The highest BCUT2D eigenvalue weighted by atomic mass is 16.4. The van der Waals surface area contributed by atoms with Gasteiger partial charge in [-0.25, -0.2) is 0 Å². The molecule has 1 rings (SSSR count). The van der Waals surface area contributed by atoms with Crippen LogP contribution in [0.3, 0.4) is 0 Å². The fourth-order valence-corrected chi connectivity index (χ4v) is 2.38. The summed E-state index contributed by atoms with van der Waals surface area (Å²) < 4.78 is 0. The van der Waals surface area contributed by atoms with Crippen molar-refractivity contribution in [3.05, 3.63) is 12.7 Å². The van der Waals surface area contributed by atoms with Crippen LogP contribution in [-0.2, 0) is 9.59 Å². The van der Waals surface area contributed by atoms with Crippen LogP contribution in [0, 0.1) is 17.3 Å². The molecule has 2 unspecified atom stereocenters. The molecule has 2 atom stereocenters. The molecule has 96 valence electrons. The SMILES string of the molecule is C=CCCCN(C)C(=O)C1C(C(=O)O)C1(C)C. The molecular formula is C13H21NO3. The Balaban J connectivity index is 2.54. The Morgan fingerprint density at radius 3 is 2.41 bits per heavy atom. The quantitative estimate of drug-likeness (QED) is 0.567. The summed E-state index contributed by atoms with van der Waals surface area (Å²) in [7, 11) is 1.73. The van der Waals surface area contributed by atoms with Gasteiger partial charge in [0.05, 0.1) is 11.8 Å². The highest BCUT2D eigenvalue weighted by Crippen LogP contribution is 2.58. The van der Waals surface area contributed by atoms with Gasteiger partial charge < -0.3 is 10.0 Å². The number of unbranched alkanes of at least 4 members (excludes halogenated alkanes) is 1. The minimum Gasteiger partial charge on any atom is -0.481 e. The molecule has 1 saturated carbocycles. The predicted molar refractivity (Wildman–Crippen MR) is 65.5 cm³/mol. The van der Waals surface area contributed by atoms with Crippen molar-refractivity contribution < 1.29 is 14.7 Å². The predicted octanol–water partition coefficient (Wildman–Crippen LogP) is 1.77.